The molecule has 0 aliphatic carbocycles. The van der Waals surface area contributed by atoms with Crippen LogP contribution >= 0.6 is 0 Å². The number of nitrogens with two attached hydrogens (primary N) is 1. The first kappa shape index (κ1) is 11.0. The number of furan rings is 1. The first-order valence-corrected chi connectivity index (χ1v) is 5.45. The van der Waals surface area contributed by atoms with Gasteiger partial charge in [-0.05, 0) is 43.5 Å². The van der Waals surface area contributed by atoms with Gasteiger partial charge < -0.3 is 10.2 Å². The van der Waals surface area contributed by atoms with Crippen molar-refractivity contribution in [2.45, 2.75) is 26.8 Å². The van der Waals surface area contributed by atoms with Crippen molar-refractivity contribution < 1.29 is 4.42 Å². The van der Waals surface area contributed by atoms with E-state index in [2.05, 4.69) is 32.9 Å². The molecule has 0 radical (unpaired) electrons. The molecule has 2 N–H and O–H groups in total. The van der Waals surface area contributed by atoms with E-state index in [0.29, 0.717) is 0 Å². The Morgan fingerprint density at radius 3 is 2.25 bits per heavy atom. The van der Waals surface area contributed by atoms with Crippen molar-refractivity contribution in [1.29, 1.82) is 0 Å². The molecule has 0 aliphatic rings. The van der Waals surface area contributed by atoms with Crippen LogP contribution in [-0.2, 0) is 0 Å². The van der Waals surface area contributed by atoms with Crippen molar-refractivity contribution >= 4 is 0 Å². The number of benzene rings is 1. The largest absolute Gasteiger partial charge is 0.472 e. The molecule has 1 unspecified atom stereocenters. The van der Waals surface area contributed by atoms with Crippen LogP contribution in [0.25, 0.3) is 0 Å². The molecule has 0 fully saturated rings. The van der Waals surface area contributed by atoms with E-state index in [0.717, 1.165) is 5.56 Å². The molecule has 0 spiro atoms. The van der Waals surface area contributed by atoms with E-state index in [9.17, 15) is 0 Å². The van der Waals surface area contributed by atoms with E-state index in [1.165, 1.54) is 22.3 Å². The van der Waals surface area contributed by atoms with E-state index in [-0.39, 0.29) is 6.04 Å². The van der Waals surface area contributed by atoms with Crippen LogP contribution in [0.4, 0.5) is 0 Å². The van der Waals surface area contributed by atoms with Crippen molar-refractivity contribution in [1.82, 2.24) is 0 Å². The molecule has 2 heteroatoms. The smallest absolute Gasteiger partial charge is 0.0953 e. The molecule has 0 aliphatic heterocycles. The molecule has 0 saturated carbocycles. The van der Waals surface area contributed by atoms with Gasteiger partial charge in [0.1, 0.15) is 0 Å². The number of aryl methyl sites for hydroxylation is 3. The minimum Gasteiger partial charge on any atom is -0.472 e. The van der Waals surface area contributed by atoms with Crippen molar-refractivity contribution in [3.05, 3.63) is 58.5 Å². The Balaban J connectivity index is 2.48. The average Bonchev–Trinajstić information content (AvgIpc) is 2.67. The zero-order chi connectivity index (χ0) is 11.7. The van der Waals surface area contributed by atoms with Crippen LogP contribution in [0.15, 0.2) is 35.1 Å². The normalized spacial score (nSPS) is 12.8. The highest BCUT2D eigenvalue weighted by Gasteiger charge is 2.15. The first-order valence-electron chi connectivity index (χ1n) is 5.45. The molecule has 16 heavy (non-hydrogen) atoms. The average molecular weight is 215 g/mol. The fourth-order valence-corrected chi connectivity index (χ4v) is 2.30. The fourth-order valence-electron chi connectivity index (χ4n) is 2.30. The van der Waals surface area contributed by atoms with E-state index in [1.807, 2.05) is 6.07 Å². The van der Waals surface area contributed by atoms with Crippen molar-refractivity contribution in [3.63, 3.8) is 0 Å². The monoisotopic (exact) mass is 215 g/mol. The van der Waals surface area contributed by atoms with Crippen molar-refractivity contribution in [3.8, 4) is 0 Å². The lowest BCUT2D eigenvalue weighted by molar-refractivity contribution is 0.562. The lowest BCUT2D eigenvalue weighted by Gasteiger charge is -2.17. The second-order valence-electron chi connectivity index (χ2n) is 4.35. The molecule has 0 bridgehead atoms. The van der Waals surface area contributed by atoms with Gasteiger partial charge >= 0.3 is 0 Å². The van der Waals surface area contributed by atoms with Gasteiger partial charge in [0.05, 0.1) is 18.6 Å². The van der Waals surface area contributed by atoms with Gasteiger partial charge in [-0.15, -0.1) is 0 Å². The minimum atomic E-state index is -0.0978. The highest BCUT2D eigenvalue weighted by molar-refractivity contribution is 5.43. The molecule has 84 valence electrons. The third-order valence-electron chi connectivity index (χ3n) is 2.95. The van der Waals surface area contributed by atoms with E-state index >= 15 is 0 Å². The van der Waals surface area contributed by atoms with Crippen LogP contribution in [0.1, 0.15) is 33.9 Å². The minimum absolute atomic E-state index is 0.0978. The SMILES string of the molecule is Cc1cc(C)c(C(N)c2ccoc2)c(C)c1. The molecule has 0 amide bonds. The van der Waals surface area contributed by atoms with Gasteiger partial charge in [-0.3, -0.25) is 0 Å². The fraction of sp³-hybridized carbons (Fsp3) is 0.286. The lowest BCUT2D eigenvalue weighted by atomic mass is 9.92. The summed E-state index contributed by atoms with van der Waals surface area (Å²) in [4.78, 5) is 0. The quantitative estimate of drug-likeness (QED) is 0.835. The number of hydrogen-bond donors (Lipinski definition) is 1. The zero-order valence-corrected chi connectivity index (χ0v) is 9.95. The molecule has 1 aromatic carbocycles. The molecule has 1 atom stereocenters. The Labute approximate surface area is 96.1 Å². The predicted octanol–water partition coefficient (Wildman–Crippen LogP) is 3.25. The van der Waals surface area contributed by atoms with Crippen LogP contribution in [0, 0.1) is 20.8 Å². The number of rotatable bonds is 2. The van der Waals surface area contributed by atoms with E-state index < -0.39 is 0 Å². The first-order chi connectivity index (χ1) is 7.59. The third kappa shape index (κ3) is 1.89. The molecule has 1 heterocycles. The lowest BCUT2D eigenvalue weighted by Crippen LogP contribution is -2.14. The summed E-state index contributed by atoms with van der Waals surface area (Å²) in [6.07, 6.45) is 3.37. The van der Waals surface area contributed by atoms with Crippen LogP contribution in [0.5, 0.6) is 0 Å². The summed E-state index contributed by atoms with van der Waals surface area (Å²) in [6.45, 7) is 6.32. The van der Waals surface area contributed by atoms with Crippen LogP contribution in [-0.4, -0.2) is 0 Å². The maximum atomic E-state index is 6.25. The van der Waals surface area contributed by atoms with Gasteiger partial charge in [-0.2, -0.15) is 0 Å². The maximum absolute atomic E-state index is 6.25. The summed E-state index contributed by atoms with van der Waals surface area (Å²) < 4.78 is 5.08. The van der Waals surface area contributed by atoms with Gasteiger partial charge in [0.25, 0.3) is 0 Å². The Hall–Kier alpha value is -1.54. The highest BCUT2D eigenvalue weighted by Crippen LogP contribution is 2.27. The van der Waals surface area contributed by atoms with Crippen LogP contribution < -0.4 is 5.73 Å². The van der Waals surface area contributed by atoms with Gasteiger partial charge in [-0.25, -0.2) is 0 Å². The molecule has 1 aromatic heterocycles. The summed E-state index contributed by atoms with van der Waals surface area (Å²) in [5, 5.41) is 0. The van der Waals surface area contributed by atoms with Crippen LogP contribution in [0.2, 0.25) is 0 Å². The zero-order valence-electron chi connectivity index (χ0n) is 9.95. The molecule has 2 nitrogen and oxygen atoms in total. The number of hydrogen-bond acceptors (Lipinski definition) is 2. The van der Waals surface area contributed by atoms with E-state index in [4.69, 9.17) is 10.2 Å². The summed E-state index contributed by atoms with van der Waals surface area (Å²) in [5.74, 6) is 0. The Morgan fingerprint density at radius 2 is 1.75 bits per heavy atom. The second-order valence-corrected chi connectivity index (χ2v) is 4.35. The molecular weight excluding hydrogens is 198 g/mol. The Bertz CT molecular complexity index is 462. The summed E-state index contributed by atoms with van der Waals surface area (Å²) >= 11 is 0. The Kier molecular flexibility index (Phi) is 2.84. The van der Waals surface area contributed by atoms with E-state index in [1.54, 1.807) is 12.5 Å². The van der Waals surface area contributed by atoms with Gasteiger partial charge in [-0.1, -0.05) is 17.7 Å². The standard InChI is InChI=1S/C14H17NO/c1-9-6-10(2)13(11(3)7-9)14(15)12-4-5-16-8-12/h4-8,14H,15H2,1-3H3. The molecule has 2 aromatic rings. The van der Waals surface area contributed by atoms with Crippen molar-refractivity contribution in [2.75, 3.05) is 0 Å². The molecule has 2 rings (SSSR count). The van der Waals surface area contributed by atoms with Crippen molar-refractivity contribution in [2.24, 2.45) is 5.73 Å². The summed E-state index contributed by atoms with van der Waals surface area (Å²) in [5.41, 5.74) is 12.2. The topological polar surface area (TPSA) is 39.2 Å². The predicted molar refractivity (Wildman–Crippen MR) is 65.4 cm³/mol. The highest BCUT2D eigenvalue weighted by atomic mass is 16.3. The molecular formula is C14H17NO. The third-order valence-corrected chi connectivity index (χ3v) is 2.95. The maximum Gasteiger partial charge on any atom is 0.0953 e. The summed E-state index contributed by atoms with van der Waals surface area (Å²) in [7, 11) is 0. The van der Waals surface area contributed by atoms with Gasteiger partial charge in [0.15, 0.2) is 0 Å². The summed E-state index contributed by atoms with van der Waals surface area (Å²) in [6, 6.07) is 6.16. The van der Waals surface area contributed by atoms with Gasteiger partial charge in [0, 0.05) is 5.56 Å². The second kappa shape index (κ2) is 4.14. The van der Waals surface area contributed by atoms with Crippen LogP contribution in [0.3, 0.4) is 0 Å². The molecule has 0 saturated heterocycles. The van der Waals surface area contributed by atoms with Gasteiger partial charge in [0.2, 0.25) is 0 Å². The Morgan fingerprint density at radius 1 is 1.12 bits per heavy atom.